The van der Waals surface area contributed by atoms with Crippen molar-refractivity contribution in [3.8, 4) is 28.8 Å². The first-order valence-corrected chi connectivity index (χ1v) is 9.30. The summed E-state index contributed by atoms with van der Waals surface area (Å²) in [5.74, 6) is 5.20. The minimum absolute atomic E-state index is 0.0652. The van der Waals surface area contributed by atoms with E-state index >= 15 is 0 Å². The highest BCUT2D eigenvalue weighted by molar-refractivity contribution is 7.14. The van der Waals surface area contributed by atoms with Crippen LogP contribution in [0.1, 0.15) is 39.5 Å². The van der Waals surface area contributed by atoms with E-state index < -0.39 is 17.4 Å². The van der Waals surface area contributed by atoms with Crippen LogP contribution in [-0.2, 0) is 4.79 Å². The standard InChI is InChI=1S/C19H17N3O4S/c1-10-9-26-13-3-2-11(4-5-19(25)6-7-21-18(19)24)8-12(13)14-15(10)27-17(22-14)16(20)23/h2-3,8,10,25H,6-7,9H2,1H3,(H2,20,23)(H,21,24)/t10-,19+/m1/s1. The number of amides is 2. The number of rotatable bonds is 1. The van der Waals surface area contributed by atoms with Crippen molar-refractivity contribution in [1.82, 2.24) is 10.3 Å². The molecule has 0 saturated carbocycles. The molecule has 0 radical (unpaired) electrons. The molecule has 4 N–H and O–H groups in total. The van der Waals surface area contributed by atoms with Gasteiger partial charge in [-0.2, -0.15) is 0 Å². The first kappa shape index (κ1) is 17.5. The number of hydrogen-bond acceptors (Lipinski definition) is 6. The Morgan fingerprint density at radius 1 is 1.52 bits per heavy atom. The normalized spacial score (nSPS) is 23.2. The second-order valence-corrected chi connectivity index (χ2v) is 7.67. The third-order valence-electron chi connectivity index (χ3n) is 4.60. The van der Waals surface area contributed by atoms with Crippen LogP contribution in [0.25, 0.3) is 11.3 Å². The van der Waals surface area contributed by atoms with Crippen molar-refractivity contribution in [3.05, 3.63) is 33.6 Å². The zero-order valence-electron chi connectivity index (χ0n) is 14.5. The number of nitrogens with one attached hydrogen (secondary N) is 1. The van der Waals surface area contributed by atoms with Crippen LogP contribution in [0.4, 0.5) is 0 Å². The number of fused-ring (bicyclic) bond motifs is 3. The summed E-state index contributed by atoms with van der Waals surface area (Å²) >= 11 is 1.27. The average Bonchev–Trinajstić information content (AvgIpc) is 3.20. The number of nitrogens with two attached hydrogens (primary N) is 1. The Labute approximate surface area is 159 Å². The molecule has 1 saturated heterocycles. The lowest BCUT2D eigenvalue weighted by Gasteiger charge is -2.10. The Bertz CT molecular complexity index is 1020. The third kappa shape index (κ3) is 3.05. The van der Waals surface area contributed by atoms with Gasteiger partial charge in [0.2, 0.25) is 5.60 Å². The van der Waals surface area contributed by atoms with Crippen molar-refractivity contribution in [1.29, 1.82) is 0 Å². The van der Waals surface area contributed by atoms with E-state index in [4.69, 9.17) is 10.5 Å². The fourth-order valence-corrected chi connectivity index (χ4v) is 4.05. The lowest BCUT2D eigenvalue weighted by Crippen LogP contribution is -2.36. The fourth-order valence-electron chi connectivity index (χ4n) is 3.08. The highest BCUT2D eigenvalue weighted by Gasteiger charge is 2.38. The van der Waals surface area contributed by atoms with E-state index in [-0.39, 0.29) is 17.3 Å². The number of primary amides is 1. The molecule has 0 aliphatic carbocycles. The number of aliphatic hydroxyl groups is 1. The molecule has 1 aromatic carbocycles. The van der Waals surface area contributed by atoms with Crippen molar-refractivity contribution < 1.29 is 19.4 Å². The molecule has 2 aliphatic rings. The number of carbonyl (C=O) groups is 2. The SMILES string of the molecule is C[C@@H]1COc2ccc(C#C[C@]3(O)CCNC3=O)cc2-c2nc(C(N)=O)sc21. The molecule has 0 bridgehead atoms. The molecule has 2 amide bonds. The van der Waals surface area contributed by atoms with Crippen molar-refractivity contribution >= 4 is 23.2 Å². The number of ether oxygens (including phenoxy) is 1. The van der Waals surface area contributed by atoms with Crippen molar-refractivity contribution in [3.63, 3.8) is 0 Å². The van der Waals surface area contributed by atoms with Crippen LogP contribution in [-0.4, -0.2) is 40.7 Å². The van der Waals surface area contributed by atoms with Gasteiger partial charge in [0.25, 0.3) is 11.8 Å². The van der Waals surface area contributed by atoms with Gasteiger partial charge in [0.05, 0.1) is 12.3 Å². The van der Waals surface area contributed by atoms with Crippen LogP contribution in [0, 0.1) is 11.8 Å². The van der Waals surface area contributed by atoms with E-state index in [2.05, 4.69) is 22.1 Å². The lowest BCUT2D eigenvalue weighted by atomic mass is 10.0. The predicted octanol–water partition coefficient (Wildman–Crippen LogP) is 1.01. The Hall–Kier alpha value is -2.89. The number of thiazole rings is 1. The highest BCUT2D eigenvalue weighted by atomic mass is 32.1. The first-order chi connectivity index (χ1) is 12.9. The minimum atomic E-state index is -1.66. The Morgan fingerprint density at radius 2 is 2.33 bits per heavy atom. The maximum Gasteiger partial charge on any atom is 0.277 e. The maximum atomic E-state index is 11.7. The molecule has 8 heteroatoms. The number of hydrogen-bond donors (Lipinski definition) is 3. The largest absolute Gasteiger partial charge is 0.492 e. The number of aromatic nitrogens is 1. The molecule has 0 spiro atoms. The molecule has 3 heterocycles. The van der Waals surface area contributed by atoms with Gasteiger partial charge in [-0.1, -0.05) is 18.8 Å². The highest BCUT2D eigenvalue weighted by Crippen LogP contribution is 2.41. The van der Waals surface area contributed by atoms with Crippen LogP contribution in [0.5, 0.6) is 5.75 Å². The molecule has 1 aromatic heterocycles. The van der Waals surface area contributed by atoms with E-state index in [0.29, 0.717) is 35.7 Å². The molecule has 2 aromatic rings. The summed E-state index contributed by atoms with van der Waals surface area (Å²) in [4.78, 5) is 28.6. The Kier molecular flexibility index (Phi) is 4.13. The first-order valence-electron chi connectivity index (χ1n) is 8.49. The number of nitrogens with zero attached hydrogens (tertiary/aromatic N) is 1. The van der Waals surface area contributed by atoms with Gasteiger partial charge in [-0.05, 0) is 18.2 Å². The van der Waals surface area contributed by atoms with E-state index in [1.54, 1.807) is 18.2 Å². The van der Waals surface area contributed by atoms with Gasteiger partial charge in [0.15, 0.2) is 5.01 Å². The summed E-state index contributed by atoms with van der Waals surface area (Å²) in [6.07, 6.45) is 0.253. The number of carbonyl (C=O) groups excluding carboxylic acids is 2. The summed E-state index contributed by atoms with van der Waals surface area (Å²) in [5, 5.41) is 13.1. The van der Waals surface area contributed by atoms with Gasteiger partial charge < -0.3 is 20.9 Å². The summed E-state index contributed by atoms with van der Waals surface area (Å²) in [5.41, 5.74) is 5.72. The minimum Gasteiger partial charge on any atom is -0.492 e. The van der Waals surface area contributed by atoms with Crippen molar-refractivity contribution in [2.75, 3.05) is 13.2 Å². The van der Waals surface area contributed by atoms with Crippen LogP contribution in [0.2, 0.25) is 0 Å². The van der Waals surface area contributed by atoms with Crippen LogP contribution in [0.15, 0.2) is 18.2 Å². The lowest BCUT2D eigenvalue weighted by molar-refractivity contribution is -0.130. The molecule has 0 unspecified atom stereocenters. The summed E-state index contributed by atoms with van der Waals surface area (Å²) < 4.78 is 5.86. The summed E-state index contributed by atoms with van der Waals surface area (Å²) in [7, 11) is 0. The van der Waals surface area contributed by atoms with Crippen molar-refractivity contribution in [2.45, 2.75) is 24.9 Å². The zero-order chi connectivity index (χ0) is 19.2. The molecule has 27 heavy (non-hydrogen) atoms. The smallest absolute Gasteiger partial charge is 0.277 e. The predicted molar refractivity (Wildman–Crippen MR) is 99.4 cm³/mol. The molecule has 7 nitrogen and oxygen atoms in total. The molecule has 2 aliphatic heterocycles. The topological polar surface area (TPSA) is 115 Å². The molecule has 1 fully saturated rings. The van der Waals surface area contributed by atoms with E-state index in [0.717, 1.165) is 4.88 Å². The Balaban J connectivity index is 1.78. The van der Waals surface area contributed by atoms with Crippen LogP contribution < -0.4 is 15.8 Å². The van der Waals surface area contributed by atoms with Gasteiger partial charge in [0, 0.05) is 34.9 Å². The van der Waals surface area contributed by atoms with E-state index in [1.165, 1.54) is 11.3 Å². The molecule has 138 valence electrons. The van der Waals surface area contributed by atoms with E-state index in [9.17, 15) is 14.7 Å². The van der Waals surface area contributed by atoms with Gasteiger partial charge >= 0.3 is 0 Å². The second-order valence-electron chi connectivity index (χ2n) is 6.64. The summed E-state index contributed by atoms with van der Waals surface area (Å²) in [6, 6.07) is 5.34. The van der Waals surface area contributed by atoms with Gasteiger partial charge in [0.1, 0.15) is 5.75 Å². The summed E-state index contributed by atoms with van der Waals surface area (Å²) in [6.45, 7) is 2.87. The second kappa shape index (κ2) is 6.37. The average molecular weight is 383 g/mol. The van der Waals surface area contributed by atoms with Crippen LogP contribution >= 0.6 is 11.3 Å². The molecule has 2 atom stereocenters. The Morgan fingerprint density at radius 3 is 3.04 bits per heavy atom. The fraction of sp³-hybridized carbons (Fsp3) is 0.316. The number of benzene rings is 1. The molecular weight excluding hydrogens is 366 g/mol. The van der Waals surface area contributed by atoms with E-state index in [1.807, 2.05) is 6.92 Å². The maximum absolute atomic E-state index is 11.7. The van der Waals surface area contributed by atoms with Gasteiger partial charge in [-0.3, -0.25) is 9.59 Å². The van der Waals surface area contributed by atoms with Crippen LogP contribution in [0.3, 0.4) is 0 Å². The monoisotopic (exact) mass is 383 g/mol. The van der Waals surface area contributed by atoms with Gasteiger partial charge in [-0.25, -0.2) is 4.98 Å². The quantitative estimate of drug-likeness (QED) is 0.636. The molecular formula is C19H17N3O4S. The van der Waals surface area contributed by atoms with Crippen molar-refractivity contribution in [2.24, 2.45) is 5.73 Å². The van der Waals surface area contributed by atoms with Gasteiger partial charge in [-0.15, -0.1) is 11.3 Å². The third-order valence-corrected chi connectivity index (χ3v) is 5.90. The molecule has 4 rings (SSSR count). The zero-order valence-corrected chi connectivity index (χ0v) is 15.4.